The molecule has 5 nitrogen and oxygen atoms in total. The van der Waals surface area contributed by atoms with Gasteiger partial charge in [0.05, 0.1) is 17.7 Å². The molecule has 0 aliphatic carbocycles. The molecule has 0 aliphatic rings. The van der Waals surface area contributed by atoms with Crippen LogP contribution in [0.25, 0.3) is 10.2 Å². The summed E-state index contributed by atoms with van der Waals surface area (Å²) in [6.45, 7) is 2.46. The molecule has 0 bridgehead atoms. The zero-order chi connectivity index (χ0) is 20.0. The predicted molar refractivity (Wildman–Crippen MR) is 95.9 cm³/mol. The highest BCUT2D eigenvalue weighted by Gasteiger charge is 2.21. The van der Waals surface area contributed by atoms with E-state index in [4.69, 9.17) is 5.11 Å². The van der Waals surface area contributed by atoms with Crippen LogP contribution < -0.4 is 0 Å². The second-order valence-corrected chi connectivity index (χ2v) is 7.29. The molecule has 27 heavy (non-hydrogen) atoms. The summed E-state index contributed by atoms with van der Waals surface area (Å²) >= 11 is 0.858. The van der Waals surface area contributed by atoms with Gasteiger partial charge in [-0.05, 0) is 6.42 Å². The van der Waals surface area contributed by atoms with Gasteiger partial charge in [-0.25, -0.2) is 18.2 Å². The molecule has 0 saturated heterocycles. The number of fused-ring (bicyclic) bond motifs is 1. The fourth-order valence-corrected chi connectivity index (χ4v) is 3.63. The first-order chi connectivity index (χ1) is 12.8. The summed E-state index contributed by atoms with van der Waals surface area (Å²) in [5, 5.41) is 9.03. The Bertz CT molecular complexity index is 826. The van der Waals surface area contributed by atoms with E-state index in [1.165, 1.54) is 4.90 Å². The smallest absolute Gasteiger partial charge is 0.303 e. The van der Waals surface area contributed by atoms with Crippen LogP contribution in [0, 0.1) is 17.5 Å². The fraction of sp³-hybridized carbons (Fsp3) is 0.500. The van der Waals surface area contributed by atoms with Crippen LogP contribution in [0.4, 0.5) is 13.2 Å². The lowest BCUT2D eigenvalue weighted by Crippen LogP contribution is -2.31. The molecular formula is C18H21F3N2O3S. The van der Waals surface area contributed by atoms with Crippen molar-refractivity contribution in [2.75, 3.05) is 6.54 Å². The Morgan fingerprint density at radius 2 is 1.89 bits per heavy atom. The molecule has 0 unspecified atom stereocenters. The third-order valence-electron chi connectivity index (χ3n) is 4.07. The third kappa shape index (κ3) is 5.66. The lowest BCUT2D eigenvalue weighted by atomic mass is 10.2. The van der Waals surface area contributed by atoms with E-state index in [1.54, 1.807) is 0 Å². The molecule has 1 aromatic heterocycles. The number of thiazole rings is 1. The second kappa shape index (κ2) is 9.68. The number of amides is 1. The van der Waals surface area contributed by atoms with Crippen LogP contribution in [0.5, 0.6) is 0 Å². The monoisotopic (exact) mass is 402 g/mol. The average Bonchev–Trinajstić information content (AvgIpc) is 3.05. The number of hydrogen-bond donors (Lipinski definition) is 1. The summed E-state index contributed by atoms with van der Waals surface area (Å²) < 4.78 is 40.9. The zero-order valence-corrected chi connectivity index (χ0v) is 15.8. The number of benzene rings is 1. The number of nitrogens with zero attached hydrogens (tertiary/aromatic N) is 2. The average molecular weight is 402 g/mol. The highest BCUT2D eigenvalue weighted by Crippen LogP contribution is 2.29. The molecule has 0 saturated carbocycles. The minimum atomic E-state index is -1.31. The van der Waals surface area contributed by atoms with Gasteiger partial charge < -0.3 is 10.0 Å². The van der Waals surface area contributed by atoms with Crippen LogP contribution in [-0.4, -0.2) is 33.4 Å². The number of halogens is 3. The first kappa shape index (κ1) is 21.1. The molecule has 148 valence electrons. The Balaban J connectivity index is 2.18. The molecule has 1 amide bonds. The van der Waals surface area contributed by atoms with Crippen molar-refractivity contribution in [1.29, 1.82) is 0 Å². The van der Waals surface area contributed by atoms with E-state index in [-0.39, 0.29) is 35.0 Å². The maximum atomic E-state index is 13.9. The minimum absolute atomic E-state index is 0.00439. The number of carbonyl (C=O) groups is 2. The molecule has 9 heteroatoms. The van der Waals surface area contributed by atoms with E-state index >= 15 is 0 Å². The van der Waals surface area contributed by atoms with Gasteiger partial charge in [0.1, 0.15) is 16.3 Å². The zero-order valence-electron chi connectivity index (χ0n) is 14.9. The molecule has 0 fully saturated rings. The summed E-state index contributed by atoms with van der Waals surface area (Å²) in [5.41, 5.74) is -0.392. The lowest BCUT2D eigenvalue weighted by Gasteiger charge is -2.21. The van der Waals surface area contributed by atoms with Crippen LogP contribution >= 0.6 is 11.3 Å². The van der Waals surface area contributed by atoms with E-state index in [9.17, 15) is 22.8 Å². The molecule has 0 atom stereocenters. The summed E-state index contributed by atoms with van der Waals surface area (Å²) in [7, 11) is 0. The van der Waals surface area contributed by atoms with Gasteiger partial charge in [-0.3, -0.25) is 9.59 Å². The third-order valence-corrected chi connectivity index (χ3v) is 5.12. The minimum Gasteiger partial charge on any atom is -0.481 e. The molecule has 0 aliphatic heterocycles. The summed E-state index contributed by atoms with van der Waals surface area (Å²) in [6.07, 6.45) is 3.22. The molecule has 1 N–H and O–H groups in total. The van der Waals surface area contributed by atoms with Gasteiger partial charge in [0.25, 0.3) is 0 Å². The van der Waals surface area contributed by atoms with Crippen molar-refractivity contribution in [3.63, 3.8) is 0 Å². The number of aliphatic carboxylic acids is 1. The van der Waals surface area contributed by atoms with E-state index in [0.29, 0.717) is 12.6 Å². The lowest BCUT2D eigenvalue weighted by molar-refractivity contribution is -0.141. The number of carbonyl (C=O) groups excluding carboxylic acids is 1. The maximum absolute atomic E-state index is 13.9. The van der Waals surface area contributed by atoms with Crippen molar-refractivity contribution < 1.29 is 27.9 Å². The van der Waals surface area contributed by atoms with Crippen LogP contribution in [0.15, 0.2) is 6.07 Å². The SMILES string of the molecule is CCCCCCN(Cc1nc2c(F)c(F)cc(F)c2s1)C(=O)CCC(=O)O. The molecule has 0 radical (unpaired) electrons. The van der Waals surface area contributed by atoms with E-state index in [1.807, 2.05) is 0 Å². The van der Waals surface area contributed by atoms with Gasteiger partial charge in [0.2, 0.25) is 5.91 Å². The van der Waals surface area contributed by atoms with Gasteiger partial charge in [-0.2, -0.15) is 0 Å². The first-order valence-corrected chi connectivity index (χ1v) is 9.57. The Labute approximate surface area is 158 Å². The van der Waals surface area contributed by atoms with E-state index in [2.05, 4.69) is 11.9 Å². The van der Waals surface area contributed by atoms with E-state index in [0.717, 1.165) is 37.0 Å². The van der Waals surface area contributed by atoms with Crippen LogP contribution in [0.1, 0.15) is 50.5 Å². The van der Waals surface area contributed by atoms with Crippen molar-refractivity contribution in [3.05, 3.63) is 28.5 Å². The standard InChI is InChI=1S/C18H21F3N2O3S/c1-2-3-4-5-8-23(14(24)6-7-15(25)26)10-13-22-17-16(21)11(19)9-12(20)18(17)27-13/h9H,2-8,10H2,1H3,(H,25,26). The number of hydrogen-bond acceptors (Lipinski definition) is 4. The fourth-order valence-electron chi connectivity index (χ4n) is 2.65. The van der Waals surface area contributed by atoms with Gasteiger partial charge >= 0.3 is 5.97 Å². The number of carboxylic acid groups (broad SMARTS) is 1. The summed E-state index contributed by atoms with van der Waals surface area (Å²) in [6, 6.07) is 0.472. The van der Waals surface area contributed by atoms with Crippen molar-refractivity contribution >= 4 is 33.4 Å². The van der Waals surface area contributed by atoms with Gasteiger partial charge in [-0.1, -0.05) is 26.2 Å². The quantitative estimate of drug-likeness (QED) is 0.470. The number of unbranched alkanes of at least 4 members (excludes halogenated alkanes) is 3. The van der Waals surface area contributed by atoms with Crippen LogP contribution in [-0.2, 0) is 16.1 Å². The number of aromatic nitrogens is 1. The van der Waals surface area contributed by atoms with E-state index < -0.39 is 28.9 Å². The van der Waals surface area contributed by atoms with Crippen LogP contribution in [0.3, 0.4) is 0 Å². The molecule has 1 aromatic carbocycles. The Kier molecular flexibility index (Phi) is 7.58. The second-order valence-electron chi connectivity index (χ2n) is 6.21. The largest absolute Gasteiger partial charge is 0.481 e. The van der Waals surface area contributed by atoms with Crippen molar-refractivity contribution in [1.82, 2.24) is 9.88 Å². The number of rotatable bonds is 10. The maximum Gasteiger partial charge on any atom is 0.303 e. The topological polar surface area (TPSA) is 70.5 Å². The van der Waals surface area contributed by atoms with Crippen molar-refractivity contribution in [2.24, 2.45) is 0 Å². The Morgan fingerprint density at radius 3 is 2.56 bits per heavy atom. The van der Waals surface area contributed by atoms with Crippen LogP contribution in [0.2, 0.25) is 0 Å². The molecular weight excluding hydrogens is 381 g/mol. The van der Waals surface area contributed by atoms with Gasteiger partial charge in [0, 0.05) is 19.0 Å². The summed E-state index contributed by atoms with van der Waals surface area (Å²) in [4.78, 5) is 28.5. The Morgan fingerprint density at radius 1 is 1.15 bits per heavy atom. The number of carboxylic acids is 1. The molecule has 2 rings (SSSR count). The first-order valence-electron chi connectivity index (χ1n) is 8.76. The Hall–Kier alpha value is -2.16. The predicted octanol–water partition coefficient (Wildman–Crippen LogP) is 4.49. The van der Waals surface area contributed by atoms with Crippen molar-refractivity contribution in [2.45, 2.75) is 52.0 Å². The molecule has 1 heterocycles. The van der Waals surface area contributed by atoms with Crippen molar-refractivity contribution in [3.8, 4) is 0 Å². The normalized spacial score (nSPS) is 11.1. The highest BCUT2D eigenvalue weighted by molar-refractivity contribution is 7.18. The summed E-state index contributed by atoms with van der Waals surface area (Å²) in [5.74, 6) is -4.88. The molecule has 0 spiro atoms. The highest BCUT2D eigenvalue weighted by atomic mass is 32.1. The van der Waals surface area contributed by atoms with Gasteiger partial charge in [0.15, 0.2) is 11.6 Å². The molecule has 2 aromatic rings. The van der Waals surface area contributed by atoms with Gasteiger partial charge in [-0.15, -0.1) is 11.3 Å².